The standard InChI is InChI=1S/C18H22N2O4/c21-16(12-5-4-6-13(11-12)18(23)24)19-15-9-10-20(17(15)22)14-7-2-1-3-8-14/h1-3,7-8,12-13,15H,4-6,9-11H2,(H,19,21)(H,23,24). The molecular weight excluding hydrogens is 308 g/mol. The minimum absolute atomic E-state index is 0.0971. The van der Waals surface area contributed by atoms with Gasteiger partial charge in [-0.15, -0.1) is 0 Å². The van der Waals surface area contributed by atoms with E-state index in [1.165, 1.54) is 0 Å². The van der Waals surface area contributed by atoms with Crippen molar-refractivity contribution < 1.29 is 19.5 Å². The van der Waals surface area contributed by atoms with E-state index in [1.807, 2.05) is 30.3 Å². The first-order valence-electron chi connectivity index (χ1n) is 8.46. The fraction of sp³-hybridized carbons (Fsp3) is 0.500. The van der Waals surface area contributed by atoms with Crippen LogP contribution in [0.25, 0.3) is 0 Å². The topological polar surface area (TPSA) is 86.7 Å². The molecule has 2 aliphatic rings. The molecule has 6 nitrogen and oxygen atoms in total. The van der Waals surface area contributed by atoms with Gasteiger partial charge in [0.25, 0.3) is 0 Å². The molecule has 1 heterocycles. The summed E-state index contributed by atoms with van der Waals surface area (Å²) in [7, 11) is 0. The lowest BCUT2D eigenvalue weighted by Crippen LogP contribution is -2.45. The maximum Gasteiger partial charge on any atom is 0.306 e. The van der Waals surface area contributed by atoms with E-state index in [-0.39, 0.29) is 17.7 Å². The number of nitrogens with one attached hydrogen (secondary N) is 1. The number of amides is 2. The van der Waals surface area contributed by atoms with E-state index in [9.17, 15) is 14.4 Å². The molecule has 0 radical (unpaired) electrons. The Morgan fingerprint density at radius 3 is 2.50 bits per heavy atom. The maximum atomic E-state index is 12.5. The van der Waals surface area contributed by atoms with Crippen LogP contribution in [-0.2, 0) is 14.4 Å². The first-order chi connectivity index (χ1) is 11.6. The van der Waals surface area contributed by atoms with Crippen molar-refractivity contribution in [3.63, 3.8) is 0 Å². The van der Waals surface area contributed by atoms with Crippen LogP contribution < -0.4 is 10.2 Å². The average Bonchev–Trinajstić information content (AvgIpc) is 2.96. The summed E-state index contributed by atoms with van der Waals surface area (Å²) in [6.45, 7) is 0.580. The molecule has 3 atom stereocenters. The number of rotatable bonds is 4. The molecule has 2 N–H and O–H groups in total. The minimum atomic E-state index is -0.834. The molecule has 0 spiro atoms. The molecule has 2 fully saturated rings. The molecule has 0 bridgehead atoms. The van der Waals surface area contributed by atoms with Crippen LogP contribution in [0.1, 0.15) is 32.1 Å². The SMILES string of the molecule is O=C(O)C1CCCC(C(=O)NC2CCN(c3ccccc3)C2=O)C1. The van der Waals surface area contributed by atoms with Gasteiger partial charge in [-0.2, -0.15) is 0 Å². The smallest absolute Gasteiger partial charge is 0.306 e. The Morgan fingerprint density at radius 1 is 1.08 bits per heavy atom. The Morgan fingerprint density at radius 2 is 1.79 bits per heavy atom. The van der Waals surface area contributed by atoms with Crippen molar-refractivity contribution in [2.24, 2.45) is 11.8 Å². The Kier molecular flexibility index (Phi) is 4.83. The summed E-state index contributed by atoms with van der Waals surface area (Å²) in [4.78, 5) is 37.8. The summed E-state index contributed by atoms with van der Waals surface area (Å²) in [5.41, 5.74) is 0.836. The van der Waals surface area contributed by atoms with Gasteiger partial charge in [-0.3, -0.25) is 14.4 Å². The van der Waals surface area contributed by atoms with Crippen LogP contribution >= 0.6 is 0 Å². The molecule has 1 aliphatic heterocycles. The van der Waals surface area contributed by atoms with Crippen LogP contribution in [-0.4, -0.2) is 35.5 Å². The zero-order chi connectivity index (χ0) is 17.1. The van der Waals surface area contributed by atoms with Crippen molar-refractivity contribution in [1.29, 1.82) is 0 Å². The number of benzene rings is 1. The van der Waals surface area contributed by atoms with Gasteiger partial charge in [0.2, 0.25) is 11.8 Å². The second kappa shape index (κ2) is 7.03. The maximum absolute atomic E-state index is 12.5. The molecule has 1 saturated carbocycles. The lowest BCUT2D eigenvalue weighted by molar-refractivity contribution is -0.144. The van der Waals surface area contributed by atoms with Crippen molar-refractivity contribution in [1.82, 2.24) is 5.32 Å². The molecular formula is C18H22N2O4. The molecule has 1 aromatic carbocycles. The lowest BCUT2D eigenvalue weighted by Gasteiger charge is -2.26. The highest BCUT2D eigenvalue weighted by Gasteiger charge is 2.36. The second-order valence-electron chi connectivity index (χ2n) is 6.57. The molecule has 6 heteroatoms. The highest BCUT2D eigenvalue weighted by Crippen LogP contribution is 2.30. The van der Waals surface area contributed by atoms with Gasteiger partial charge in [0.05, 0.1) is 5.92 Å². The number of hydrogen-bond donors (Lipinski definition) is 2. The van der Waals surface area contributed by atoms with Gasteiger partial charge in [-0.1, -0.05) is 24.6 Å². The third-order valence-electron chi connectivity index (χ3n) is 4.98. The van der Waals surface area contributed by atoms with E-state index < -0.39 is 17.9 Å². The summed E-state index contributed by atoms with van der Waals surface area (Å²) in [6.07, 6.45) is 3.00. The summed E-state index contributed by atoms with van der Waals surface area (Å²) in [5.74, 6) is -1.87. The monoisotopic (exact) mass is 330 g/mol. The number of carboxylic acid groups (broad SMARTS) is 1. The van der Waals surface area contributed by atoms with Crippen LogP contribution in [0.5, 0.6) is 0 Å². The minimum Gasteiger partial charge on any atom is -0.481 e. The highest BCUT2D eigenvalue weighted by atomic mass is 16.4. The van der Waals surface area contributed by atoms with Crippen LogP contribution in [0.3, 0.4) is 0 Å². The quantitative estimate of drug-likeness (QED) is 0.881. The van der Waals surface area contributed by atoms with Crippen molar-refractivity contribution in [2.45, 2.75) is 38.1 Å². The molecule has 1 saturated heterocycles. The van der Waals surface area contributed by atoms with E-state index in [4.69, 9.17) is 5.11 Å². The average molecular weight is 330 g/mol. The Labute approximate surface area is 140 Å². The number of para-hydroxylation sites is 1. The molecule has 0 aromatic heterocycles. The molecule has 2 amide bonds. The fourth-order valence-corrected chi connectivity index (χ4v) is 3.62. The van der Waals surface area contributed by atoms with Crippen LogP contribution in [0.2, 0.25) is 0 Å². The Bertz CT molecular complexity index is 631. The van der Waals surface area contributed by atoms with Gasteiger partial charge in [0.15, 0.2) is 0 Å². The number of hydrogen-bond acceptors (Lipinski definition) is 3. The lowest BCUT2D eigenvalue weighted by atomic mass is 9.81. The predicted molar refractivity (Wildman–Crippen MR) is 88.4 cm³/mol. The number of anilines is 1. The number of carboxylic acids is 1. The highest BCUT2D eigenvalue weighted by molar-refractivity contribution is 6.01. The van der Waals surface area contributed by atoms with Crippen LogP contribution in [0.4, 0.5) is 5.69 Å². The van der Waals surface area contributed by atoms with Gasteiger partial charge < -0.3 is 15.3 Å². The Hall–Kier alpha value is -2.37. The first-order valence-corrected chi connectivity index (χ1v) is 8.46. The van der Waals surface area contributed by atoms with Gasteiger partial charge in [-0.25, -0.2) is 0 Å². The van der Waals surface area contributed by atoms with Gasteiger partial charge in [-0.05, 0) is 37.8 Å². The normalized spacial score (nSPS) is 27.1. The van der Waals surface area contributed by atoms with E-state index in [0.717, 1.165) is 12.1 Å². The van der Waals surface area contributed by atoms with Gasteiger partial charge in [0, 0.05) is 18.2 Å². The molecule has 3 unspecified atom stereocenters. The van der Waals surface area contributed by atoms with Crippen molar-refractivity contribution in [3.8, 4) is 0 Å². The summed E-state index contributed by atoms with van der Waals surface area (Å²) in [5, 5.41) is 12.0. The summed E-state index contributed by atoms with van der Waals surface area (Å²) >= 11 is 0. The third kappa shape index (κ3) is 3.42. The largest absolute Gasteiger partial charge is 0.481 e. The molecule has 128 valence electrons. The van der Waals surface area contributed by atoms with Gasteiger partial charge >= 0.3 is 5.97 Å². The van der Waals surface area contributed by atoms with Crippen molar-refractivity contribution in [3.05, 3.63) is 30.3 Å². The molecule has 1 aromatic rings. The fourth-order valence-electron chi connectivity index (χ4n) is 3.62. The number of aliphatic carboxylic acids is 1. The summed E-state index contributed by atoms with van der Waals surface area (Å²) < 4.78 is 0. The van der Waals surface area contributed by atoms with Crippen molar-refractivity contribution >= 4 is 23.5 Å². The Balaban J connectivity index is 1.59. The molecule has 24 heavy (non-hydrogen) atoms. The van der Waals surface area contributed by atoms with Gasteiger partial charge in [0.1, 0.15) is 6.04 Å². The van der Waals surface area contributed by atoms with E-state index >= 15 is 0 Å². The van der Waals surface area contributed by atoms with E-state index in [2.05, 4.69) is 5.32 Å². The zero-order valence-electron chi connectivity index (χ0n) is 13.5. The summed E-state index contributed by atoms with van der Waals surface area (Å²) in [6, 6.07) is 8.89. The number of nitrogens with zero attached hydrogens (tertiary/aromatic N) is 1. The zero-order valence-corrected chi connectivity index (χ0v) is 13.5. The van der Waals surface area contributed by atoms with Crippen LogP contribution in [0, 0.1) is 11.8 Å². The van der Waals surface area contributed by atoms with E-state index in [1.54, 1.807) is 4.90 Å². The van der Waals surface area contributed by atoms with Crippen LogP contribution in [0.15, 0.2) is 30.3 Å². The molecule has 1 aliphatic carbocycles. The van der Waals surface area contributed by atoms with E-state index in [0.29, 0.717) is 32.2 Å². The first kappa shape index (κ1) is 16.5. The second-order valence-corrected chi connectivity index (χ2v) is 6.57. The number of carbonyl (C=O) groups is 3. The third-order valence-corrected chi connectivity index (χ3v) is 4.98. The number of carbonyl (C=O) groups excluding carboxylic acids is 2. The molecule has 3 rings (SSSR count). The van der Waals surface area contributed by atoms with Crippen molar-refractivity contribution in [2.75, 3.05) is 11.4 Å². The predicted octanol–water partition coefficient (Wildman–Crippen LogP) is 1.80.